The normalized spacial score (nSPS) is 17.8. The Labute approximate surface area is 169 Å². The molecule has 2 aromatic carbocycles. The summed E-state index contributed by atoms with van der Waals surface area (Å²) in [4.78, 5) is 17.4. The molecule has 4 rings (SSSR count). The Balaban J connectivity index is 1.68. The van der Waals surface area contributed by atoms with Crippen molar-refractivity contribution in [1.82, 2.24) is 4.98 Å². The van der Waals surface area contributed by atoms with Crippen LogP contribution in [0, 0.1) is 0 Å². The Hall–Kier alpha value is -2.12. The van der Waals surface area contributed by atoms with Crippen LogP contribution in [0.4, 0.5) is 5.13 Å². The summed E-state index contributed by atoms with van der Waals surface area (Å²) in [7, 11) is 0. The number of aromatic nitrogens is 1. The molecule has 1 atom stereocenters. The third kappa shape index (κ3) is 3.53. The number of hydrogen-bond donors (Lipinski definition) is 1. The molecule has 0 amide bonds. The number of ketones is 1. The van der Waals surface area contributed by atoms with E-state index < -0.39 is 6.29 Å². The van der Waals surface area contributed by atoms with Crippen LogP contribution in [0.5, 0.6) is 5.75 Å². The number of benzene rings is 2. The molecule has 2 heterocycles. The van der Waals surface area contributed by atoms with Crippen LogP contribution in [0.3, 0.4) is 0 Å². The predicted octanol–water partition coefficient (Wildman–Crippen LogP) is 5.54. The van der Waals surface area contributed by atoms with E-state index in [1.165, 1.54) is 11.3 Å². The van der Waals surface area contributed by atoms with E-state index in [0.717, 1.165) is 10.2 Å². The minimum absolute atomic E-state index is 0.205. The summed E-state index contributed by atoms with van der Waals surface area (Å²) in [6.45, 7) is 2.24. The van der Waals surface area contributed by atoms with Crippen LogP contribution >= 0.6 is 34.5 Å². The zero-order valence-electron chi connectivity index (χ0n) is 14.2. The number of Topliss-reactive ketones (excluding diaryl/α,β-unsaturated/α-hetero) is 1. The number of rotatable bonds is 4. The molecule has 3 aromatic rings. The van der Waals surface area contributed by atoms with Gasteiger partial charge in [-0.1, -0.05) is 40.6 Å². The minimum atomic E-state index is -0.804. The van der Waals surface area contributed by atoms with Crippen LogP contribution in [0.2, 0.25) is 10.0 Å². The Kier molecular flexibility index (Phi) is 5.06. The molecule has 0 saturated carbocycles. The fourth-order valence-corrected chi connectivity index (χ4v) is 4.06. The van der Waals surface area contributed by atoms with Gasteiger partial charge in [-0.3, -0.25) is 4.79 Å². The molecule has 1 N–H and O–H groups in total. The average Bonchev–Trinajstić information content (AvgIpc) is 3.07. The van der Waals surface area contributed by atoms with Gasteiger partial charge < -0.3 is 14.8 Å². The van der Waals surface area contributed by atoms with E-state index >= 15 is 0 Å². The van der Waals surface area contributed by atoms with Crippen molar-refractivity contribution < 1.29 is 14.3 Å². The lowest BCUT2D eigenvalue weighted by molar-refractivity contribution is -0.0509. The molecular weight excluding hydrogens is 407 g/mol. The molecule has 0 fully saturated rings. The van der Waals surface area contributed by atoms with Crippen LogP contribution < -0.4 is 10.1 Å². The van der Waals surface area contributed by atoms with E-state index in [2.05, 4.69) is 10.3 Å². The van der Waals surface area contributed by atoms with Crippen molar-refractivity contribution in [2.75, 3.05) is 11.9 Å². The van der Waals surface area contributed by atoms with Gasteiger partial charge >= 0.3 is 0 Å². The lowest BCUT2D eigenvalue weighted by Crippen LogP contribution is -2.33. The van der Waals surface area contributed by atoms with Gasteiger partial charge in [-0.2, -0.15) is 0 Å². The summed E-state index contributed by atoms with van der Waals surface area (Å²) in [5, 5.41) is 4.73. The third-order valence-electron chi connectivity index (χ3n) is 3.98. The topological polar surface area (TPSA) is 60.5 Å². The molecule has 1 aliphatic heterocycles. The van der Waals surface area contributed by atoms with Gasteiger partial charge in [0, 0.05) is 17.8 Å². The van der Waals surface area contributed by atoms with Crippen LogP contribution in [-0.2, 0) is 4.74 Å². The molecule has 1 aromatic heterocycles. The number of anilines is 1. The standard InChI is InChI=1S/C19H14Cl2N2O3S/c1-2-25-18-12(17(24)11-8-10(20)6-7-14(11)26-18)9-22-19-23-16-13(21)4-3-5-15(16)27-19/h3-9,18H,2H2,1H3,(H,22,23)/b12-9-/t18-/m0/s1. The molecule has 8 heteroatoms. The van der Waals surface area contributed by atoms with E-state index in [-0.39, 0.29) is 5.78 Å². The number of para-hydroxylation sites is 1. The molecule has 0 saturated heterocycles. The average molecular weight is 421 g/mol. The zero-order valence-corrected chi connectivity index (χ0v) is 16.5. The van der Waals surface area contributed by atoms with Gasteiger partial charge in [-0.05, 0) is 37.3 Å². The predicted molar refractivity (Wildman–Crippen MR) is 108 cm³/mol. The van der Waals surface area contributed by atoms with E-state index in [1.54, 1.807) is 30.5 Å². The molecule has 0 spiro atoms. The largest absolute Gasteiger partial charge is 0.460 e. The molecule has 0 bridgehead atoms. The van der Waals surface area contributed by atoms with E-state index in [1.807, 2.05) is 19.1 Å². The van der Waals surface area contributed by atoms with Gasteiger partial charge in [-0.25, -0.2) is 4.98 Å². The van der Waals surface area contributed by atoms with E-state index in [4.69, 9.17) is 32.7 Å². The first kappa shape index (κ1) is 18.3. The number of ether oxygens (including phenoxy) is 2. The third-order valence-corrected chi connectivity index (χ3v) is 5.47. The Bertz CT molecular complexity index is 1060. The molecule has 27 heavy (non-hydrogen) atoms. The summed E-state index contributed by atoms with van der Waals surface area (Å²) < 4.78 is 12.4. The number of nitrogens with one attached hydrogen (secondary N) is 1. The van der Waals surface area contributed by atoms with Gasteiger partial charge in [0.2, 0.25) is 12.1 Å². The first-order valence-corrected chi connectivity index (χ1v) is 9.78. The number of carbonyl (C=O) groups is 1. The van der Waals surface area contributed by atoms with Crippen molar-refractivity contribution in [3.8, 4) is 5.75 Å². The van der Waals surface area contributed by atoms with Gasteiger partial charge in [0.15, 0.2) is 5.13 Å². The minimum Gasteiger partial charge on any atom is -0.460 e. The summed E-state index contributed by atoms with van der Waals surface area (Å²) in [6.07, 6.45) is 0.764. The summed E-state index contributed by atoms with van der Waals surface area (Å²) in [5.41, 5.74) is 1.46. The van der Waals surface area contributed by atoms with Crippen LogP contribution in [-0.4, -0.2) is 23.7 Å². The fourth-order valence-electron chi connectivity index (χ4n) is 2.75. The highest BCUT2D eigenvalue weighted by atomic mass is 35.5. The highest BCUT2D eigenvalue weighted by molar-refractivity contribution is 7.22. The molecule has 0 radical (unpaired) electrons. The number of fused-ring (bicyclic) bond motifs is 2. The molecule has 5 nitrogen and oxygen atoms in total. The highest BCUT2D eigenvalue weighted by Gasteiger charge is 2.32. The van der Waals surface area contributed by atoms with Crippen molar-refractivity contribution >= 4 is 55.7 Å². The maximum Gasteiger partial charge on any atom is 0.232 e. The second-order valence-electron chi connectivity index (χ2n) is 5.72. The lowest BCUT2D eigenvalue weighted by atomic mass is 10.00. The lowest BCUT2D eigenvalue weighted by Gasteiger charge is -2.27. The number of halogens is 2. The van der Waals surface area contributed by atoms with Crippen molar-refractivity contribution in [2.45, 2.75) is 13.2 Å². The highest BCUT2D eigenvalue weighted by Crippen LogP contribution is 2.34. The van der Waals surface area contributed by atoms with Gasteiger partial charge in [0.1, 0.15) is 11.3 Å². The smallest absolute Gasteiger partial charge is 0.232 e. The van der Waals surface area contributed by atoms with Crippen LogP contribution in [0.25, 0.3) is 10.2 Å². The fraction of sp³-hybridized carbons (Fsp3) is 0.158. The molecule has 1 aliphatic rings. The second-order valence-corrected chi connectivity index (χ2v) is 7.60. The van der Waals surface area contributed by atoms with Crippen molar-refractivity contribution in [3.05, 3.63) is 63.8 Å². The van der Waals surface area contributed by atoms with Crippen LogP contribution in [0.15, 0.2) is 48.2 Å². The van der Waals surface area contributed by atoms with Gasteiger partial charge in [0.25, 0.3) is 0 Å². The monoisotopic (exact) mass is 420 g/mol. The van der Waals surface area contributed by atoms with E-state index in [9.17, 15) is 4.79 Å². The number of carbonyl (C=O) groups excluding carboxylic acids is 1. The zero-order chi connectivity index (χ0) is 19.0. The first-order valence-electron chi connectivity index (χ1n) is 8.21. The van der Waals surface area contributed by atoms with Crippen LogP contribution in [0.1, 0.15) is 17.3 Å². The Morgan fingerprint density at radius 1 is 1.33 bits per heavy atom. The van der Waals surface area contributed by atoms with Crippen molar-refractivity contribution in [2.24, 2.45) is 0 Å². The summed E-state index contributed by atoms with van der Waals surface area (Å²) in [5.74, 6) is 0.246. The maximum absolute atomic E-state index is 12.9. The molecule has 0 aliphatic carbocycles. The number of hydrogen-bond acceptors (Lipinski definition) is 6. The van der Waals surface area contributed by atoms with Gasteiger partial charge in [0.05, 0.1) is 20.9 Å². The molecule has 0 unspecified atom stereocenters. The van der Waals surface area contributed by atoms with Crippen molar-refractivity contribution in [3.63, 3.8) is 0 Å². The summed E-state index contributed by atoms with van der Waals surface area (Å²) in [6, 6.07) is 10.5. The number of thiazole rings is 1. The Morgan fingerprint density at radius 2 is 2.19 bits per heavy atom. The van der Waals surface area contributed by atoms with E-state index in [0.29, 0.717) is 38.7 Å². The SMILES string of the molecule is CCO[C@H]1Oc2ccc(Cl)cc2C(=O)/C1=C/Nc1nc2c(Cl)cccc2s1. The summed E-state index contributed by atoms with van der Waals surface area (Å²) >= 11 is 13.6. The first-order chi connectivity index (χ1) is 13.1. The molecular formula is C19H14Cl2N2O3S. The van der Waals surface area contributed by atoms with Gasteiger partial charge in [-0.15, -0.1) is 0 Å². The number of nitrogens with zero attached hydrogens (tertiary/aromatic N) is 1. The molecule has 138 valence electrons. The second kappa shape index (κ2) is 7.48. The maximum atomic E-state index is 12.9. The Morgan fingerprint density at radius 3 is 2.96 bits per heavy atom. The van der Waals surface area contributed by atoms with Crippen molar-refractivity contribution in [1.29, 1.82) is 0 Å². The quantitative estimate of drug-likeness (QED) is 0.561.